The number of nitrogens with one attached hydrogen (secondary N) is 1. The van der Waals surface area contributed by atoms with Crippen molar-refractivity contribution in [3.63, 3.8) is 0 Å². The van der Waals surface area contributed by atoms with Gasteiger partial charge >= 0.3 is 118 Å². The average Bonchev–Trinajstić information content (AvgIpc) is 2.50. The van der Waals surface area contributed by atoms with E-state index in [2.05, 4.69) is 4.98 Å². The van der Waals surface area contributed by atoms with Crippen molar-refractivity contribution in [2.75, 3.05) is 0 Å². The van der Waals surface area contributed by atoms with Crippen molar-refractivity contribution in [1.82, 2.24) is 10.4 Å². The fourth-order valence-electron chi connectivity index (χ4n) is 0.587. The zero-order valence-corrected chi connectivity index (χ0v) is 22.3. The molecular formula is C6H7N7Na4O9. The molecule has 1 aromatic rings. The molecule has 26 heavy (non-hydrogen) atoms. The van der Waals surface area contributed by atoms with E-state index in [1.165, 1.54) is 12.4 Å². The van der Waals surface area contributed by atoms with Crippen LogP contribution in [-0.2, 0) is 0 Å². The van der Waals surface area contributed by atoms with Crippen molar-refractivity contribution in [3.05, 3.63) is 70.5 Å². The van der Waals surface area contributed by atoms with Crippen LogP contribution in [0.3, 0.4) is 0 Å². The number of hydrogen-bond donors (Lipinski definition) is 2. The second kappa shape index (κ2) is 56.2. The van der Waals surface area contributed by atoms with Gasteiger partial charge in [-0.2, -0.15) is 0 Å². The van der Waals surface area contributed by atoms with Crippen LogP contribution in [0.5, 0.6) is 0 Å². The van der Waals surface area contributed by atoms with Gasteiger partial charge in [-0.25, -0.2) is 5.84 Å². The Hall–Kier alpha value is 0.180. The van der Waals surface area contributed by atoms with Crippen LogP contribution >= 0.6 is 0 Å². The molecule has 0 unspecified atom stereocenters. The molecule has 16 nitrogen and oxygen atoms in total. The first-order chi connectivity index (χ1) is 10.5. The molecule has 0 atom stereocenters. The van der Waals surface area contributed by atoms with Crippen LogP contribution in [0.25, 0.3) is 0 Å². The molecule has 0 aliphatic rings. The van der Waals surface area contributed by atoms with E-state index in [0.717, 1.165) is 21.4 Å². The molecule has 0 fully saturated rings. The first kappa shape index (κ1) is 50.2. The van der Waals surface area contributed by atoms with Crippen molar-refractivity contribution < 1.29 is 123 Å². The van der Waals surface area contributed by atoms with Gasteiger partial charge in [0.2, 0.25) is 0 Å². The Morgan fingerprint density at radius 2 is 1.04 bits per heavy atom. The number of rotatable bonds is 1. The Morgan fingerprint density at radius 3 is 1.23 bits per heavy atom. The van der Waals surface area contributed by atoms with E-state index in [-0.39, 0.29) is 124 Å². The molecule has 0 saturated carbocycles. The molecule has 0 saturated heterocycles. The minimum absolute atomic E-state index is 0. The second-order valence-electron chi connectivity index (χ2n) is 2.01. The zero-order chi connectivity index (χ0) is 18.2. The van der Waals surface area contributed by atoms with Gasteiger partial charge in [-0.15, -0.1) is 21.4 Å². The van der Waals surface area contributed by atoms with Crippen LogP contribution < -0.4 is 129 Å². The number of pyridine rings is 1. The quantitative estimate of drug-likeness (QED) is 0.143. The molecule has 0 aliphatic heterocycles. The summed E-state index contributed by atoms with van der Waals surface area (Å²) in [5.74, 6) is 4.58. The van der Waals surface area contributed by atoms with Crippen LogP contribution in [0.1, 0.15) is 10.4 Å². The molecule has 0 aliphatic carbocycles. The molecule has 1 heterocycles. The minimum Gasteiger partial charge on any atom is -0.444 e. The molecule has 0 aromatic carbocycles. The van der Waals surface area contributed by atoms with Gasteiger partial charge in [-0.05, 0) is 12.1 Å². The van der Waals surface area contributed by atoms with Crippen molar-refractivity contribution in [1.29, 1.82) is 0 Å². The molecule has 1 rings (SSSR count). The maximum atomic E-state index is 10.7. The van der Waals surface area contributed by atoms with Crippen LogP contribution in [0.15, 0.2) is 45.9 Å². The number of amides is 1. The molecule has 1 amide bonds. The predicted octanol–water partition coefficient (Wildman–Crippen LogP) is -11.3. The van der Waals surface area contributed by atoms with Gasteiger partial charge in [-0.3, -0.25) is 15.2 Å². The summed E-state index contributed by atoms with van der Waals surface area (Å²) in [6.07, 6.45) is 3.06. The normalized spacial score (nSPS) is 5.27. The third-order valence-corrected chi connectivity index (χ3v) is 1.07. The van der Waals surface area contributed by atoms with Crippen LogP contribution in [-0.4, -0.2) is 10.9 Å². The smallest absolute Gasteiger partial charge is 0.444 e. The first-order valence-electron chi connectivity index (χ1n) is 4.21. The van der Waals surface area contributed by atoms with Gasteiger partial charge in [0.25, 0.3) is 5.91 Å². The summed E-state index contributed by atoms with van der Waals surface area (Å²) in [5, 5.41) is 36.0. The molecule has 0 radical (unpaired) electrons. The topological polar surface area (TPSA) is 278 Å². The number of carbonyl (C=O) groups excluding carboxylic acids is 1. The van der Waals surface area contributed by atoms with Crippen molar-refractivity contribution in [2.45, 2.75) is 0 Å². The van der Waals surface area contributed by atoms with E-state index in [1.54, 1.807) is 12.1 Å². The largest absolute Gasteiger partial charge is 1.00 e. The zero-order valence-electron chi connectivity index (χ0n) is 14.3. The Balaban J connectivity index is -0.0000000292. The summed E-state index contributed by atoms with van der Waals surface area (Å²) in [4.78, 5) is 46.5. The van der Waals surface area contributed by atoms with E-state index in [0.29, 0.717) is 5.56 Å². The summed E-state index contributed by atoms with van der Waals surface area (Å²) in [6.45, 7) is 0. The van der Waals surface area contributed by atoms with Crippen LogP contribution in [0.2, 0.25) is 0 Å². The van der Waals surface area contributed by atoms with Gasteiger partial charge in [0, 0.05) is 18.0 Å². The maximum Gasteiger partial charge on any atom is 1.00 e. The molecule has 1 aromatic heterocycles. The second-order valence-corrected chi connectivity index (χ2v) is 2.01. The summed E-state index contributed by atoms with van der Waals surface area (Å²) in [6, 6.07) is 3.17. The number of nitrogens with zero attached hydrogens (tertiary/aromatic N) is 5. The Bertz CT molecular complexity index is 381. The standard InChI is InChI=1S/C6H7N3O.4HNO2.4Na/c7-9-6(10)5-1-3-8-4-2-5;4*2-1-3;;;;/h1-4H,7H2,(H,9,10);4*(H,2,3);;;;/q;;;;;4*+1/p-4. The Morgan fingerprint density at radius 1 is 0.808 bits per heavy atom. The first-order valence-corrected chi connectivity index (χ1v) is 4.21. The number of nitrogen functional groups attached to an aromatic ring is 1. The summed E-state index contributed by atoms with van der Waals surface area (Å²) in [7, 11) is 0. The summed E-state index contributed by atoms with van der Waals surface area (Å²) >= 11 is 0. The number of aromatic nitrogens is 1. The third kappa shape index (κ3) is 64.6. The van der Waals surface area contributed by atoms with Crippen molar-refractivity contribution in [2.24, 2.45) is 27.2 Å². The van der Waals surface area contributed by atoms with E-state index in [1.807, 2.05) is 5.43 Å². The molecule has 0 bridgehead atoms. The fourth-order valence-corrected chi connectivity index (χ4v) is 0.587. The van der Waals surface area contributed by atoms with E-state index < -0.39 is 0 Å². The Kier molecular flexibility index (Phi) is 109. The van der Waals surface area contributed by atoms with Crippen LogP contribution in [0, 0.1) is 40.5 Å². The van der Waals surface area contributed by atoms with E-state index in [9.17, 15) is 4.79 Å². The van der Waals surface area contributed by atoms with Crippen LogP contribution in [0.4, 0.5) is 0 Å². The summed E-state index contributed by atoms with van der Waals surface area (Å²) < 4.78 is 0. The maximum absolute atomic E-state index is 10.7. The molecular weight excluding hydrogens is 406 g/mol. The van der Waals surface area contributed by atoms with E-state index >= 15 is 0 Å². The number of carbonyl (C=O) groups is 1. The average molecular weight is 413 g/mol. The number of hydrazine groups is 1. The third-order valence-electron chi connectivity index (χ3n) is 1.07. The minimum atomic E-state index is -0.303. The van der Waals surface area contributed by atoms with Gasteiger partial charge in [0.05, 0.1) is 0 Å². The predicted molar refractivity (Wildman–Crippen MR) is 72.5 cm³/mol. The monoisotopic (exact) mass is 413 g/mol. The number of hydrogen-bond acceptors (Lipinski definition) is 15. The summed E-state index contributed by atoms with van der Waals surface area (Å²) in [5.41, 5.74) is 2.53. The molecule has 3 N–H and O–H groups in total. The van der Waals surface area contributed by atoms with Crippen molar-refractivity contribution in [3.8, 4) is 0 Å². The van der Waals surface area contributed by atoms with Crippen molar-refractivity contribution >= 4 is 5.91 Å². The number of nitrogens with two attached hydrogens (primary N) is 1. The fraction of sp³-hybridized carbons (Fsp3) is 0. The van der Waals surface area contributed by atoms with E-state index in [4.69, 9.17) is 46.3 Å². The van der Waals surface area contributed by atoms with Gasteiger partial charge in [0.1, 0.15) is 0 Å². The van der Waals surface area contributed by atoms with Gasteiger partial charge in [-0.1, -0.05) is 0 Å². The molecule has 20 heteroatoms. The van der Waals surface area contributed by atoms with Gasteiger partial charge < -0.3 is 40.5 Å². The molecule has 124 valence electrons. The van der Waals surface area contributed by atoms with Gasteiger partial charge in [0.15, 0.2) is 0 Å². The molecule has 0 spiro atoms. The Labute approximate surface area is 233 Å². The SMILES string of the molecule is NNC(=O)c1ccncc1.O=N[O-].O=N[O-].O=N[O-].O=N[O-].[Na+].[Na+].[Na+].[Na+].